The fourth-order valence-electron chi connectivity index (χ4n) is 5.48. The Morgan fingerprint density at radius 3 is 2.57 bits per heavy atom. The summed E-state index contributed by atoms with van der Waals surface area (Å²) in [5.41, 5.74) is -0.0427. The van der Waals surface area contributed by atoms with E-state index < -0.39 is 11.2 Å². The normalized spacial score (nSPS) is 47.6. The maximum atomic E-state index is 13.0. The van der Waals surface area contributed by atoms with Crippen LogP contribution in [0.15, 0.2) is 23.3 Å². The highest BCUT2D eigenvalue weighted by molar-refractivity contribution is 6.23. The van der Waals surface area contributed by atoms with Crippen LogP contribution in [-0.4, -0.2) is 22.8 Å². The highest BCUT2D eigenvalue weighted by atomic mass is 16.5. The molecule has 0 N–H and O–H groups in total. The molecule has 2 aliphatic carbocycles. The third-order valence-electron chi connectivity index (χ3n) is 7.10. The van der Waals surface area contributed by atoms with Crippen LogP contribution >= 0.6 is 0 Å². The van der Waals surface area contributed by atoms with Gasteiger partial charge in [0.1, 0.15) is 0 Å². The van der Waals surface area contributed by atoms with Crippen molar-refractivity contribution in [3.63, 3.8) is 0 Å². The Morgan fingerprint density at radius 2 is 1.87 bits per heavy atom. The van der Waals surface area contributed by atoms with Gasteiger partial charge in [-0.1, -0.05) is 20.8 Å². The number of ether oxygens (including phenoxy) is 1. The van der Waals surface area contributed by atoms with Crippen molar-refractivity contribution in [2.75, 3.05) is 0 Å². The molecule has 4 rings (SSSR count). The molecular formula is C20H26O3. The molecule has 5 atom stereocenters. The highest BCUT2D eigenvalue weighted by Gasteiger charge is 2.65. The molecule has 3 nitrogen and oxygen atoms in total. The van der Waals surface area contributed by atoms with E-state index in [2.05, 4.69) is 20.8 Å². The van der Waals surface area contributed by atoms with Crippen LogP contribution < -0.4 is 0 Å². The Bertz CT molecular complexity index is 683. The van der Waals surface area contributed by atoms with Crippen LogP contribution in [0.25, 0.3) is 0 Å². The van der Waals surface area contributed by atoms with Gasteiger partial charge in [0.05, 0.1) is 5.60 Å². The number of hydrogen-bond acceptors (Lipinski definition) is 3. The molecular weight excluding hydrogens is 288 g/mol. The second-order valence-corrected chi connectivity index (χ2v) is 8.94. The van der Waals surface area contributed by atoms with Gasteiger partial charge in [0.25, 0.3) is 0 Å². The second kappa shape index (κ2) is 4.24. The topological polar surface area (TPSA) is 43.4 Å². The predicted octanol–water partition coefficient (Wildman–Crippen LogP) is 3.63. The van der Waals surface area contributed by atoms with Gasteiger partial charge in [-0.3, -0.25) is 9.59 Å². The molecule has 1 spiro atoms. The van der Waals surface area contributed by atoms with Crippen molar-refractivity contribution in [2.24, 2.45) is 23.2 Å². The summed E-state index contributed by atoms with van der Waals surface area (Å²) in [6.45, 7) is 10.5. The largest absolute Gasteiger partial charge is 0.351 e. The van der Waals surface area contributed by atoms with Crippen molar-refractivity contribution >= 4 is 11.6 Å². The van der Waals surface area contributed by atoms with Crippen molar-refractivity contribution < 1.29 is 14.3 Å². The van der Waals surface area contributed by atoms with Crippen LogP contribution in [0.4, 0.5) is 0 Å². The number of hydrogen-bond donors (Lipinski definition) is 0. The Kier molecular flexibility index (Phi) is 2.82. The number of allylic oxidation sites excluding steroid dienone is 1. The van der Waals surface area contributed by atoms with E-state index in [9.17, 15) is 9.59 Å². The standard InChI is InChI=1S/C20H26O3/c1-11-8-16(21)20-12(2)9-14-13(18(14,3)4)6-7-19(5,23-20)10-15(20)17(11)22/h8,10,12-14H,6-7,9H2,1-5H3. The maximum absolute atomic E-state index is 13.0. The van der Waals surface area contributed by atoms with Crippen molar-refractivity contribution in [3.05, 3.63) is 23.3 Å². The number of carbonyl (C=O) groups excluding carboxylic acids is 2. The van der Waals surface area contributed by atoms with Crippen molar-refractivity contribution in [2.45, 2.75) is 65.1 Å². The Hall–Kier alpha value is -1.22. The lowest BCUT2D eigenvalue weighted by Crippen LogP contribution is -2.52. The van der Waals surface area contributed by atoms with Gasteiger partial charge < -0.3 is 4.74 Å². The average molecular weight is 314 g/mol. The molecule has 124 valence electrons. The molecule has 5 unspecified atom stereocenters. The van der Waals surface area contributed by atoms with E-state index in [1.54, 1.807) is 6.92 Å². The molecule has 4 aliphatic rings. The first-order chi connectivity index (χ1) is 10.6. The van der Waals surface area contributed by atoms with E-state index in [1.165, 1.54) is 6.08 Å². The van der Waals surface area contributed by atoms with Crippen LogP contribution in [0.3, 0.4) is 0 Å². The summed E-state index contributed by atoms with van der Waals surface area (Å²) in [7, 11) is 0. The zero-order chi connectivity index (χ0) is 16.8. The van der Waals surface area contributed by atoms with Crippen LogP contribution in [0.5, 0.6) is 0 Å². The minimum Gasteiger partial charge on any atom is -0.351 e. The van der Waals surface area contributed by atoms with Gasteiger partial charge in [-0.15, -0.1) is 0 Å². The first-order valence-electron chi connectivity index (χ1n) is 8.83. The number of rotatable bonds is 0. The van der Waals surface area contributed by atoms with E-state index in [-0.39, 0.29) is 17.5 Å². The molecule has 1 saturated heterocycles. The number of carbonyl (C=O) groups is 2. The minimum absolute atomic E-state index is 0.00708. The molecule has 3 heteroatoms. The molecule has 2 heterocycles. The monoisotopic (exact) mass is 314 g/mol. The molecule has 0 aromatic heterocycles. The smallest absolute Gasteiger partial charge is 0.192 e. The van der Waals surface area contributed by atoms with Gasteiger partial charge in [-0.2, -0.15) is 0 Å². The number of fused-ring (bicyclic) bond motifs is 2. The third kappa shape index (κ3) is 1.80. The van der Waals surface area contributed by atoms with Gasteiger partial charge in [0, 0.05) is 11.1 Å². The quantitative estimate of drug-likeness (QED) is 0.686. The van der Waals surface area contributed by atoms with Crippen molar-refractivity contribution in [3.8, 4) is 0 Å². The van der Waals surface area contributed by atoms with Gasteiger partial charge in [0.15, 0.2) is 17.2 Å². The van der Waals surface area contributed by atoms with Gasteiger partial charge >= 0.3 is 0 Å². The molecule has 0 amide bonds. The lowest BCUT2D eigenvalue weighted by molar-refractivity contribution is -0.156. The summed E-state index contributed by atoms with van der Waals surface area (Å²) in [6.07, 6.45) is 6.42. The lowest BCUT2D eigenvalue weighted by atomic mass is 9.70. The van der Waals surface area contributed by atoms with Crippen molar-refractivity contribution in [1.82, 2.24) is 0 Å². The molecule has 23 heavy (non-hydrogen) atoms. The first kappa shape index (κ1) is 15.3. The summed E-state index contributed by atoms with van der Waals surface area (Å²) >= 11 is 0. The minimum atomic E-state index is -1.04. The van der Waals surface area contributed by atoms with Gasteiger partial charge in [-0.05, 0) is 68.4 Å². The third-order valence-corrected chi connectivity index (χ3v) is 7.10. The van der Waals surface area contributed by atoms with Crippen LogP contribution in [0.2, 0.25) is 0 Å². The second-order valence-electron chi connectivity index (χ2n) is 8.94. The van der Waals surface area contributed by atoms with Crippen molar-refractivity contribution in [1.29, 1.82) is 0 Å². The van der Waals surface area contributed by atoms with E-state index in [0.29, 0.717) is 28.4 Å². The van der Waals surface area contributed by atoms with Crippen LogP contribution in [-0.2, 0) is 14.3 Å². The average Bonchev–Trinajstić information content (AvgIpc) is 2.80. The number of ketones is 2. The fourth-order valence-corrected chi connectivity index (χ4v) is 5.48. The van der Waals surface area contributed by atoms with E-state index in [4.69, 9.17) is 4.74 Å². The Labute approximate surface area is 138 Å². The Balaban J connectivity index is 1.84. The summed E-state index contributed by atoms with van der Waals surface area (Å²) in [5.74, 6) is 1.34. The predicted molar refractivity (Wildman–Crippen MR) is 87.9 cm³/mol. The lowest BCUT2D eigenvalue weighted by Gasteiger charge is -2.40. The molecule has 1 saturated carbocycles. The van der Waals surface area contributed by atoms with Gasteiger partial charge in [0.2, 0.25) is 0 Å². The molecule has 2 bridgehead atoms. The molecule has 2 fully saturated rings. The molecule has 0 aromatic rings. The maximum Gasteiger partial charge on any atom is 0.192 e. The summed E-state index contributed by atoms with van der Waals surface area (Å²) < 4.78 is 6.43. The van der Waals surface area contributed by atoms with Gasteiger partial charge in [-0.25, -0.2) is 0 Å². The SMILES string of the molecule is CC1=CC(=O)C23OC(C)(C=C2C1=O)CCC1C(CC3C)C1(C)C. The zero-order valence-corrected chi connectivity index (χ0v) is 14.7. The molecule has 2 aliphatic heterocycles. The first-order valence-corrected chi connectivity index (χ1v) is 8.83. The highest BCUT2D eigenvalue weighted by Crippen LogP contribution is 2.66. The van der Waals surface area contributed by atoms with Crippen LogP contribution in [0.1, 0.15) is 53.9 Å². The zero-order valence-electron chi connectivity index (χ0n) is 14.7. The fraction of sp³-hybridized carbons (Fsp3) is 0.700. The van der Waals surface area contributed by atoms with E-state index in [0.717, 1.165) is 19.3 Å². The van der Waals surface area contributed by atoms with E-state index >= 15 is 0 Å². The summed E-state index contributed by atoms with van der Waals surface area (Å²) in [6, 6.07) is 0. The Morgan fingerprint density at radius 1 is 1.17 bits per heavy atom. The van der Waals surface area contributed by atoms with E-state index in [1.807, 2.05) is 13.0 Å². The number of Topliss-reactive ketones (excluding diaryl/α,β-unsaturated/α-hetero) is 1. The molecule has 0 aromatic carbocycles. The summed E-state index contributed by atoms with van der Waals surface area (Å²) in [4.78, 5) is 25.7. The summed E-state index contributed by atoms with van der Waals surface area (Å²) in [5, 5.41) is 0. The molecule has 0 radical (unpaired) electrons. The van der Waals surface area contributed by atoms with Crippen LogP contribution in [0, 0.1) is 23.2 Å².